The summed E-state index contributed by atoms with van der Waals surface area (Å²) in [5.74, 6) is -1.35. The Hall–Kier alpha value is -1.46. The van der Waals surface area contributed by atoms with Crippen molar-refractivity contribution in [3.8, 4) is 0 Å². The van der Waals surface area contributed by atoms with Crippen molar-refractivity contribution in [1.29, 1.82) is 0 Å². The zero-order valence-electron chi connectivity index (χ0n) is 7.37. The molecule has 0 aliphatic heterocycles. The molecule has 2 unspecified atom stereocenters. The summed E-state index contributed by atoms with van der Waals surface area (Å²) in [6.07, 6.45) is -1.38. The minimum absolute atomic E-state index is 0.258. The number of hydrogen-bond donors (Lipinski definition) is 3. The van der Waals surface area contributed by atoms with E-state index < -0.39 is 18.2 Å². The zero-order chi connectivity index (χ0) is 10.6. The molecule has 0 fully saturated rings. The molecule has 0 amide bonds. The second-order valence-electron chi connectivity index (χ2n) is 2.86. The molecule has 1 heterocycles. The van der Waals surface area contributed by atoms with Gasteiger partial charge in [0.15, 0.2) is 6.10 Å². The second-order valence-corrected chi connectivity index (χ2v) is 2.86. The van der Waals surface area contributed by atoms with Gasteiger partial charge < -0.3 is 15.3 Å². The number of nitrogens with zero attached hydrogens (tertiary/aromatic N) is 1. The first-order valence-electron chi connectivity index (χ1n) is 4.11. The molecule has 5 heteroatoms. The number of aliphatic hydroxyl groups is 2. The van der Waals surface area contributed by atoms with Crippen LogP contribution in [0.15, 0.2) is 24.4 Å². The van der Waals surface area contributed by atoms with Gasteiger partial charge in [-0.1, -0.05) is 6.07 Å². The Balaban J connectivity index is 2.59. The van der Waals surface area contributed by atoms with Gasteiger partial charge in [0.1, 0.15) is 0 Å². The Labute approximate surface area is 80.7 Å². The summed E-state index contributed by atoms with van der Waals surface area (Å²) in [7, 11) is 0. The van der Waals surface area contributed by atoms with E-state index in [1.165, 1.54) is 6.20 Å². The third-order valence-corrected chi connectivity index (χ3v) is 1.76. The number of aliphatic carboxylic acids is 1. The fourth-order valence-corrected chi connectivity index (χ4v) is 1.01. The third kappa shape index (κ3) is 2.79. The van der Waals surface area contributed by atoms with Crippen molar-refractivity contribution in [3.05, 3.63) is 30.1 Å². The molecule has 0 radical (unpaired) electrons. The maximum Gasteiger partial charge on any atom is 0.332 e. The van der Waals surface area contributed by atoms with Crippen molar-refractivity contribution in [3.63, 3.8) is 0 Å². The predicted molar refractivity (Wildman–Crippen MR) is 47.5 cm³/mol. The molecule has 5 nitrogen and oxygen atoms in total. The summed E-state index contributed by atoms with van der Waals surface area (Å²) in [5, 5.41) is 26.8. The molecule has 3 N–H and O–H groups in total. The lowest BCUT2D eigenvalue weighted by Gasteiger charge is -2.11. The topological polar surface area (TPSA) is 90.7 Å². The van der Waals surface area contributed by atoms with Gasteiger partial charge in [-0.15, -0.1) is 0 Å². The smallest absolute Gasteiger partial charge is 0.332 e. The van der Waals surface area contributed by atoms with Crippen LogP contribution in [0.1, 0.15) is 18.2 Å². The van der Waals surface area contributed by atoms with Crippen LogP contribution in [0.2, 0.25) is 0 Å². The van der Waals surface area contributed by atoms with Gasteiger partial charge in [0.05, 0.1) is 11.8 Å². The van der Waals surface area contributed by atoms with Crippen molar-refractivity contribution < 1.29 is 20.1 Å². The highest BCUT2D eigenvalue weighted by atomic mass is 16.4. The number of hydrogen-bond acceptors (Lipinski definition) is 4. The number of carbonyl (C=O) groups is 1. The Bertz CT molecular complexity index is 301. The van der Waals surface area contributed by atoms with Crippen LogP contribution in [0.3, 0.4) is 0 Å². The number of carboxylic acids is 1. The monoisotopic (exact) mass is 197 g/mol. The summed E-state index contributed by atoms with van der Waals surface area (Å²) in [4.78, 5) is 14.1. The van der Waals surface area contributed by atoms with Crippen LogP contribution in [0.4, 0.5) is 0 Å². The zero-order valence-corrected chi connectivity index (χ0v) is 7.37. The molecule has 2 atom stereocenters. The highest BCUT2D eigenvalue weighted by molar-refractivity contribution is 5.71. The van der Waals surface area contributed by atoms with Crippen molar-refractivity contribution in [1.82, 2.24) is 4.98 Å². The molecular formula is C9H11NO4. The number of pyridine rings is 1. The average molecular weight is 197 g/mol. The van der Waals surface area contributed by atoms with E-state index in [4.69, 9.17) is 10.2 Å². The lowest BCUT2D eigenvalue weighted by atomic mass is 10.1. The van der Waals surface area contributed by atoms with E-state index in [1.54, 1.807) is 18.2 Å². The molecule has 1 aromatic heterocycles. The molecule has 0 bridgehead atoms. The second kappa shape index (κ2) is 4.69. The number of rotatable bonds is 4. The molecule has 0 saturated heterocycles. The molecule has 1 rings (SSSR count). The predicted octanol–water partition coefficient (Wildman–Crippen LogP) is -0.0494. The largest absolute Gasteiger partial charge is 0.479 e. The van der Waals surface area contributed by atoms with E-state index in [-0.39, 0.29) is 6.42 Å². The van der Waals surface area contributed by atoms with E-state index in [0.717, 1.165) is 0 Å². The first-order chi connectivity index (χ1) is 6.61. The lowest BCUT2D eigenvalue weighted by molar-refractivity contribution is -0.148. The first kappa shape index (κ1) is 10.6. The minimum Gasteiger partial charge on any atom is -0.479 e. The van der Waals surface area contributed by atoms with Gasteiger partial charge in [0.25, 0.3) is 0 Å². The molecule has 1 aromatic rings. The van der Waals surface area contributed by atoms with Crippen molar-refractivity contribution >= 4 is 5.97 Å². The van der Waals surface area contributed by atoms with E-state index >= 15 is 0 Å². The summed E-state index contributed by atoms with van der Waals surface area (Å²) in [6.45, 7) is 0. The van der Waals surface area contributed by atoms with Gasteiger partial charge in [0, 0.05) is 12.6 Å². The van der Waals surface area contributed by atoms with Crippen molar-refractivity contribution in [2.24, 2.45) is 0 Å². The highest BCUT2D eigenvalue weighted by Gasteiger charge is 2.19. The number of carboxylic acid groups (broad SMARTS) is 1. The fourth-order valence-electron chi connectivity index (χ4n) is 1.01. The van der Waals surface area contributed by atoms with Gasteiger partial charge in [-0.05, 0) is 12.1 Å². The Kier molecular flexibility index (Phi) is 3.55. The molecule has 14 heavy (non-hydrogen) atoms. The summed E-state index contributed by atoms with van der Waals surface area (Å²) in [5.41, 5.74) is 0.354. The average Bonchev–Trinajstić information content (AvgIpc) is 2.19. The van der Waals surface area contributed by atoms with Gasteiger partial charge in [-0.25, -0.2) is 4.79 Å². The summed E-state index contributed by atoms with van der Waals surface area (Å²) < 4.78 is 0. The van der Waals surface area contributed by atoms with E-state index in [1.807, 2.05) is 0 Å². The van der Waals surface area contributed by atoms with Crippen molar-refractivity contribution in [2.45, 2.75) is 18.6 Å². The van der Waals surface area contributed by atoms with Crippen molar-refractivity contribution in [2.75, 3.05) is 0 Å². The highest BCUT2D eigenvalue weighted by Crippen LogP contribution is 2.15. The number of aromatic nitrogens is 1. The fraction of sp³-hybridized carbons (Fsp3) is 0.333. The van der Waals surface area contributed by atoms with E-state index in [0.29, 0.717) is 5.69 Å². The molecule has 76 valence electrons. The number of aliphatic hydroxyl groups excluding tert-OH is 2. The molecule has 0 aliphatic rings. The maximum absolute atomic E-state index is 10.3. The van der Waals surface area contributed by atoms with Gasteiger partial charge in [-0.2, -0.15) is 0 Å². The SMILES string of the molecule is O=C(O)C(O)CC(O)c1ccccn1. The van der Waals surface area contributed by atoms with Gasteiger partial charge in [-0.3, -0.25) is 4.98 Å². The molecule has 0 aromatic carbocycles. The standard InChI is InChI=1S/C9H11NO4/c11-7(5-8(12)9(13)14)6-3-1-2-4-10-6/h1-4,7-8,11-12H,5H2,(H,13,14). The van der Waals surface area contributed by atoms with E-state index in [9.17, 15) is 9.90 Å². The summed E-state index contributed by atoms with van der Waals surface area (Å²) >= 11 is 0. The minimum atomic E-state index is -1.56. The van der Waals surface area contributed by atoms with Crippen LogP contribution in [0.25, 0.3) is 0 Å². The van der Waals surface area contributed by atoms with Crippen LogP contribution in [-0.2, 0) is 4.79 Å². The maximum atomic E-state index is 10.3. The van der Waals surface area contributed by atoms with Crippen LogP contribution < -0.4 is 0 Å². The third-order valence-electron chi connectivity index (χ3n) is 1.76. The van der Waals surface area contributed by atoms with Crippen LogP contribution in [0.5, 0.6) is 0 Å². The molecule has 0 spiro atoms. The molecule has 0 saturated carbocycles. The van der Waals surface area contributed by atoms with Crippen LogP contribution >= 0.6 is 0 Å². The van der Waals surface area contributed by atoms with Crippen LogP contribution in [-0.4, -0.2) is 32.4 Å². The first-order valence-corrected chi connectivity index (χ1v) is 4.11. The van der Waals surface area contributed by atoms with Gasteiger partial charge >= 0.3 is 5.97 Å². The lowest BCUT2D eigenvalue weighted by Crippen LogP contribution is -2.22. The van der Waals surface area contributed by atoms with Crippen LogP contribution in [0, 0.1) is 0 Å². The Morgan fingerprint density at radius 2 is 2.14 bits per heavy atom. The summed E-state index contributed by atoms with van der Waals surface area (Å²) in [6, 6.07) is 4.93. The Morgan fingerprint density at radius 3 is 2.64 bits per heavy atom. The normalized spacial score (nSPS) is 14.7. The molecule has 0 aliphatic carbocycles. The molecular weight excluding hydrogens is 186 g/mol. The quantitative estimate of drug-likeness (QED) is 0.629. The Morgan fingerprint density at radius 1 is 1.43 bits per heavy atom. The van der Waals surface area contributed by atoms with Gasteiger partial charge in [0.2, 0.25) is 0 Å². The van der Waals surface area contributed by atoms with E-state index in [2.05, 4.69) is 4.98 Å².